The molecule has 0 radical (unpaired) electrons. The predicted octanol–water partition coefficient (Wildman–Crippen LogP) is 1.99. The zero-order valence-corrected chi connectivity index (χ0v) is 18.0. The number of phenolic OH excluding ortho intramolecular Hbond substituents is 1. The average Bonchev–Trinajstić information content (AvgIpc) is 3.02. The van der Waals surface area contributed by atoms with Gasteiger partial charge in [-0.3, -0.25) is 14.2 Å². The van der Waals surface area contributed by atoms with E-state index in [2.05, 4.69) is 0 Å². The van der Waals surface area contributed by atoms with Gasteiger partial charge in [-0.2, -0.15) is 0 Å². The van der Waals surface area contributed by atoms with Crippen LogP contribution in [-0.4, -0.2) is 28.3 Å². The first-order valence-electron chi connectivity index (χ1n) is 9.81. The number of benzene rings is 2. The standard InChI is InChI=1S/C23H20N2O5S/c1-12(26)18-19-14-8-4-5-9-15(14)30-23(18,2)24-22-25(19)21(28)17(31-22)11-13-7-6-10-16(29-3)20(13)27/h4-11,18-19,27H,1-3H3/b17-11-/t18-,19-,23-/m0/s1. The van der Waals surface area contributed by atoms with Gasteiger partial charge >= 0.3 is 0 Å². The zero-order chi connectivity index (χ0) is 21.9. The molecular formula is C23H20N2O5S. The van der Waals surface area contributed by atoms with E-state index < -0.39 is 17.7 Å². The Bertz CT molecular complexity index is 1410. The lowest BCUT2D eigenvalue weighted by Gasteiger charge is -2.45. The largest absolute Gasteiger partial charge is 0.504 e. The minimum absolute atomic E-state index is 0.0429. The van der Waals surface area contributed by atoms with E-state index in [0.29, 0.717) is 26.4 Å². The number of fused-ring (bicyclic) bond motifs is 6. The fourth-order valence-corrected chi connectivity index (χ4v) is 5.61. The fourth-order valence-electron chi connectivity index (χ4n) is 4.52. The van der Waals surface area contributed by atoms with Crippen LogP contribution < -0.4 is 24.4 Å². The van der Waals surface area contributed by atoms with Gasteiger partial charge in [0.25, 0.3) is 5.56 Å². The third-order valence-electron chi connectivity index (χ3n) is 5.85. The van der Waals surface area contributed by atoms with Crippen molar-refractivity contribution in [3.63, 3.8) is 0 Å². The Hall–Kier alpha value is -3.39. The summed E-state index contributed by atoms with van der Waals surface area (Å²) in [6.45, 7) is 3.29. The summed E-state index contributed by atoms with van der Waals surface area (Å²) in [7, 11) is 1.47. The van der Waals surface area contributed by atoms with Crippen molar-refractivity contribution in [1.29, 1.82) is 0 Å². The quantitative estimate of drug-likeness (QED) is 0.678. The monoisotopic (exact) mass is 436 g/mol. The van der Waals surface area contributed by atoms with E-state index in [4.69, 9.17) is 14.5 Å². The van der Waals surface area contributed by atoms with Gasteiger partial charge in [0.2, 0.25) is 5.72 Å². The number of Topliss-reactive ketones (excluding diaryl/α,β-unsaturated/α-hetero) is 1. The maximum absolute atomic E-state index is 13.5. The molecule has 3 atom stereocenters. The Morgan fingerprint density at radius 3 is 2.81 bits per heavy atom. The first-order chi connectivity index (χ1) is 14.8. The number of para-hydroxylation sites is 2. The predicted molar refractivity (Wildman–Crippen MR) is 115 cm³/mol. The number of phenols is 1. The Balaban J connectivity index is 1.80. The lowest BCUT2D eigenvalue weighted by atomic mass is 9.79. The molecule has 2 aliphatic rings. The highest BCUT2D eigenvalue weighted by Gasteiger charge is 2.53. The molecule has 7 nitrogen and oxygen atoms in total. The van der Waals surface area contributed by atoms with Gasteiger partial charge in [0.1, 0.15) is 17.5 Å². The highest BCUT2D eigenvalue weighted by molar-refractivity contribution is 7.07. The van der Waals surface area contributed by atoms with Crippen molar-refractivity contribution in [1.82, 2.24) is 4.57 Å². The molecule has 0 amide bonds. The van der Waals surface area contributed by atoms with Crippen molar-refractivity contribution < 1.29 is 19.4 Å². The van der Waals surface area contributed by atoms with Crippen LogP contribution in [0.2, 0.25) is 0 Å². The number of rotatable bonds is 3. The summed E-state index contributed by atoms with van der Waals surface area (Å²) in [5, 5.41) is 10.4. The molecule has 3 aromatic rings. The van der Waals surface area contributed by atoms with Crippen molar-refractivity contribution in [3.8, 4) is 17.2 Å². The summed E-state index contributed by atoms with van der Waals surface area (Å²) >= 11 is 1.21. The first-order valence-corrected chi connectivity index (χ1v) is 10.6. The van der Waals surface area contributed by atoms with Crippen molar-refractivity contribution in [2.24, 2.45) is 10.9 Å². The molecule has 1 aromatic heterocycles. The number of methoxy groups -OCH3 is 1. The summed E-state index contributed by atoms with van der Waals surface area (Å²) in [6.07, 6.45) is 1.62. The van der Waals surface area contributed by atoms with Crippen molar-refractivity contribution in [2.45, 2.75) is 25.6 Å². The molecule has 158 valence electrons. The van der Waals surface area contributed by atoms with Crippen LogP contribution in [0.3, 0.4) is 0 Å². The van der Waals surface area contributed by atoms with Gasteiger partial charge in [0.15, 0.2) is 16.3 Å². The molecule has 0 saturated carbocycles. The molecule has 5 rings (SSSR count). The molecule has 0 fully saturated rings. The van der Waals surface area contributed by atoms with Crippen LogP contribution in [-0.2, 0) is 4.79 Å². The molecule has 2 aromatic carbocycles. The fraction of sp³-hybridized carbons (Fsp3) is 0.261. The van der Waals surface area contributed by atoms with E-state index in [9.17, 15) is 14.7 Å². The van der Waals surface area contributed by atoms with Crippen LogP contribution in [0.15, 0.2) is 52.3 Å². The molecule has 0 spiro atoms. The molecule has 1 N–H and O–H groups in total. The lowest BCUT2D eigenvalue weighted by molar-refractivity contribution is -0.132. The van der Waals surface area contributed by atoms with E-state index in [1.807, 2.05) is 24.3 Å². The number of aromatic nitrogens is 1. The number of hydrogen-bond donors (Lipinski definition) is 1. The Kier molecular flexibility index (Phi) is 4.30. The highest BCUT2D eigenvalue weighted by Crippen LogP contribution is 2.47. The Morgan fingerprint density at radius 2 is 2.06 bits per heavy atom. The smallest absolute Gasteiger partial charge is 0.270 e. The van der Waals surface area contributed by atoms with Crippen molar-refractivity contribution in [2.75, 3.05) is 7.11 Å². The number of thiazole rings is 1. The number of aromatic hydroxyl groups is 1. The number of nitrogens with zero attached hydrogens (tertiary/aromatic N) is 2. The maximum Gasteiger partial charge on any atom is 0.270 e. The zero-order valence-electron chi connectivity index (χ0n) is 17.2. The number of ketones is 1. The maximum atomic E-state index is 13.5. The molecular weight excluding hydrogens is 416 g/mol. The van der Waals surface area contributed by atoms with Crippen molar-refractivity contribution in [3.05, 3.63) is 73.3 Å². The summed E-state index contributed by atoms with van der Waals surface area (Å²) in [4.78, 5) is 31.3. The first kappa shape index (κ1) is 19.6. The highest BCUT2D eigenvalue weighted by atomic mass is 32.1. The van der Waals surface area contributed by atoms with Crippen LogP contribution >= 0.6 is 11.3 Å². The molecule has 2 bridgehead atoms. The second-order valence-corrected chi connectivity index (χ2v) is 8.82. The third-order valence-corrected chi connectivity index (χ3v) is 6.84. The number of hydrogen-bond acceptors (Lipinski definition) is 7. The molecule has 0 unspecified atom stereocenters. The van der Waals surface area contributed by atoms with Crippen LogP contribution in [0.1, 0.15) is 31.0 Å². The second kappa shape index (κ2) is 6.81. The minimum atomic E-state index is -1.10. The Morgan fingerprint density at radius 1 is 1.29 bits per heavy atom. The summed E-state index contributed by atoms with van der Waals surface area (Å²) in [6, 6.07) is 12.0. The molecule has 3 heterocycles. The minimum Gasteiger partial charge on any atom is -0.504 e. The average molecular weight is 436 g/mol. The van der Waals surface area contributed by atoms with Crippen LogP contribution in [0.25, 0.3) is 6.08 Å². The van der Waals surface area contributed by atoms with Crippen LogP contribution in [0, 0.1) is 5.92 Å². The van der Waals surface area contributed by atoms with Crippen LogP contribution in [0.5, 0.6) is 17.2 Å². The van der Waals surface area contributed by atoms with E-state index in [1.165, 1.54) is 25.4 Å². The van der Waals surface area contributed by atoms with E-state index >= 15 is 0 Å². The van der Waals surface area contributed by atoms with Gasteiger partial charge in [-0.05, 0) is 32.1 Å². The molecule has 8 heteroatoms. The van der Waals surface area contributed by atoms with E-state index in [1.54, 1.807) is 35.8 Å². The van der Waals surface area contributed by atoms with E-state index in [-0.39, 0.29) is 17.1 Å². The topological polar surface area (TPSA) is 90.1 Å². The van der Waals surface area contributed by atoms with Gasteiger partial charge in [0.05, 0.1) is 17.7 Å². The second-order valence-electron chi connectivity index (χ2n) is 7.81. The number of carbonyl (C=O) groups excluding carboxylic acids is 1. The van der Waals surface area contributed by atoms with E-state index in [0.717, 1.165) is 5.56 Å². The van der Waals surface area contributed by atoms with Crippen molar-refractivity contribution >= 4 is 23.2 Å². The van der Waals surface area contributed by atoms with Crippen LogP contribution in [0.4, 0.5) is 0 Å². The molecule has 31 heavy (non-hydrogen) atoms. The molecule has 0 aliphatic carbocycles. The Labute approximate surface area is 181 Å². The van der Waals surface area contributed by atoms with Gasteiger partial charge in [-0.15, -0.1) is 0 Å². The SMILES string of the molecule is COc1cccc(/C=c2\sc3n(c2=O)[C@H]2c4ccccc4O[C@](C)(N=3)[C@H]2C(C)=O)c1O. The van der Waals surface area contributed by atoms with Gasteiger partial charge in [0, 0.05) is 11.1 Å². The van der Waals surface area contributed by atoms with Gasteiger partial charge in [-0.1, -0.05) is 41.7 Å². The third kappa shape index (κ3) is 2.82. The summed E-state index contributed by atoms with van der Waals surface area (Å²) < 4.78 is 13.3. The normalized spacial score (nSPS) is 23.9. The molecule has 2 aliphatic heterocycles. The summed E-state index contributed by atoms with van der Waals surface area (Å²) in [5.74, 6) is 0.183. The lowest BCUT2D eigenvalue weighted by Crippen LogP contribution is -2.58. The molecule has 0 saturated heterocycles. The number of ether oxygens (including phenoxy) is 2. The van der Waals surface area contributed by atoms with Gasteiger partial charge < -0.3 is 14.6 Å². The number of carbonyl (C=O) groups is 1. The summed E-state index contributed by atoms with van der Waals surface area (Å²) in [5.41, 5.74) is -0.116. The van der Waals surface area contributed by atoms with Gasteiger partial charge in [-0.25, -0.2) is 4.99 Å².